The van der Waals surface area contributed by atoms with E-state index in [0.717, 1.165) is 0 Å². The van der Waals surface area contributed by atoms with Gasteiger partial charge in [0.1, 0.15) is 36.5 Å². The number of benzene rings is 3. The molecule has 11 nitrogen and oxygen atoms in total. The third kappa shape index (κ3) is 6.69. The van der Waals surface area contributed by atoms with E-state index in [1.807, 2.05) is 30.3 Å². The van der Waals surface area contributed by atoms with Crippen molar-refractivity contribution < 1.29 is 38.5 Å². The number of imide groups is 1. The van der Waals surface area contributed by atoms with Crippen molar-refractivity contribution in [2.24, 2.45) is 0 Å². The van der Waals surface area contributed by atoms with Gasteiger partial charge in [-0.25, -0.2) is 4.79 Å². The van der Waals surface area contributed by atoms with Crippen molar-refractivity contribution in [3.05, 3.63) is 83.4 Å². The van der Waals surface area contributed by atoms with Gasteiger partial charge in [0, 0.05) is 24.2 Å². The Labute approximate surface area is 242 Å². The molecule has 1 saturated heterocycles. The number of amides is 4. The summed E-state index contributed by atoms with van der Waals surface area (Å²) >= 11 is 0. The van der Waals surface area contributed by atoms with Crippen LogP contribution in [0.3, 0.4) is 0 Å². The Morgan fingerprint density at radius 1 is 1.02 bits per heavy atom. The first-order valence-electron chi connectivity index (χ1n) is 13.5. The van der Waals surface area contributed by atoms with E-state index >= 15 is 0 Å². The lowest BCUT2D eigenvalue weighted by atomic mass is 10.0. The van der Waals surface area contributed by atoms with Gasteiger partial charge in [0.2, 0.25) is 11.8 Å². The van der Waals surface area contributed by atoms with Gasteiger partial charge in [0.05, 0.1) is 11.2 Å². The van der Waals surface area contributed by atoms with Crippen LogP contribution in [0, 0.1) is 0 Å². The number of hydrogen-bond donors (Lipinski definition) is 3. The number of rotatable bonds is 9. The van der Waals surface area contributed by atoms with Crippen molar-refractivity contribution in [2.45, 2.75) is 51.5 Å². The summed E-state index contributed by atoms with van der Waals surface area (Å²) < 4.78 is 17.1. The molecule has 0 aromatic heterocycles. The lowest BCUT2D eigenvalue weighted by Crippen LogP contribution is -2.52. The van der Waals surface area contributed by atoms with Gasteiger partial charge in [-0.3, -0.25) is 25.0 Å². The molecule has 3 aromatic carbocycles. The summed E-state index contributed by atoms with van der Waals surface area (Å²) in [4.78, 5) is 51.6. The summed E-state index contributed by atoms with van der Waals surface area (Å²) in [7, 11) is 0. The second kappa shape index (κ2) is 11.9. The Bertz CT molecular complexity index is 1500. The average molecular weight is 574 g/mol. The number of hydrogen-bond acceptors (Lipinski definition) is 8. The minimum atomic E-state index is -1.21. The van der Waals surface area contributed by atoms with Gasteiger partial charge in [-0.05, 0) is 62.2 Å². The number of fused-ring (bicyclic) bond motifs is 1. The number of anilines is 1. The van der Waals surface area contributed by atoms with Crippen LogP contribution in [0.4, 0.5) is 10.5 Å². The molecular formula is C31H31N3O8. The summed E-state index contributed by atoms with van der Waals surface area (Å²) in [6.07, 6.45) is -0.368. The van der Waals surface area contributed by atoms with E-state index < -0.39 is 29.6 Å². The van der Waals surface area contributed by atoms with Crippen LogP contribution in [0.15, 0.2) is 66.7 Å². The highest BCUT2D eigenvalue weighted by Crippen LogP contribution is 2.37. The predicted molar refractivity (Wildman–Crippen MR) is 151 cm³/mol. The highest BCUT2D eigenvalue weighted by Gasteiger charge is 2.41. The van der Waals surface area contributed by atoms with E-state index in [4.69, 9.17) is 14.2 Å². The molecule has 2 heterocycles. The number of nitrogens with zero attached hydrogens (tertiary/aromatic N) is 1. The molecule has 0 radical (unpaired) electrons. The smallest absolute Gasteiger partial charge is 0.411 e. The molecular weight excluding hydrogens is 542 g/mol. The minimum Gasteiger partial charge on any atom is -0.489 e. The Morgan fingerprint density at radius 2 is 1.74 bits per heavy atom. The Balaban J connectivity index is 1.28. The maximum Gasteiger partial charge on any atom is 0.411 e. The molecule has 218 valence electrons. The topological polar surface area (TPSA) is 144 Å². The normalized spacial score (nSPS) is 16.5. The molecule has 0 saturated carbocycles. The molecule has 5 rings (SSSR count). The highest BCUT2D eigenvalue weighted by atomic mass is 16.5. The Morgan fingerprint density at radius 3 is 2.43 bits per heavy atom. The number of ether oxygens (including phenoxy) is 3. The fourth-order valence-corrected chi connectivity index (χ4v) is 4.72. The van der Waals surface area contributed by atoms with E-state index in [9.17, 15) is 24.3 Å². The van der Waals surface area contributed by atoms with E-state index in [1.165, 1.54) is 4.90 Å². The molecule has 4 amide bonds. The molecule has 2 aliphatic heterocycles. The second-order valence-electron chi connectivity index (χ2n) is 10.7. The summed E-state index contributed by atoms with van der Waals surface area (Å²) in [5.41, 5.74) is 0.557. The summed E-state index contributed by atoms with van der Waals surface area (Å²) in [6.45, 7) is 2.93. The molecule has 42 heavy (non-hydrogen) atoms. The minimum absolute atomic E-state index is 0.133. The lowest BCUT2D eigenvalue weighted by molar-refractivity contribution is -0.136. The van der Waals surface area contributed by atoms with Crippen molar-refractivity contribution in [1.29, 1.82) is 0 Å². The number of piperidine rings is 1. The van der Waals surface area contributed by atoms with Gasteiger partial charge in [-0.15, -0.1) is 0 Å². The quantitative estimate of drug-likeness (QED) is 0.324. The first-order chi connectivity index (χ1) is 20.1. The first-order valence-corrected chi connectivity index (χ1v) is 13.5. The summed E-state index contributed by atoms with van der Waals surface area (Å²) in [5.74, 6) is 0.130. The molecule has 1 atom stereocenters. The van der Waals surface area contributed by atoms with E-state index in [0.29, 0.717) is 28.3 Å². The Hall–Kier alpha value is -4.90. The number of para-hydroxylation sites is 1. The predicted octanol–water partition coefficient (Wildman–Crippen LogP) is 4.14. The zero-order valence-electron chi connectivity index (χ0n) is 23.2. The second-order valence-corrected chi connectivity index (χ2v) is 10.7. The van der Waals surface area contributed by atoms with Crippen molar-refractivity contribution in [1.82, 2.24) is 10.2 Å². The van der Waals surface area contributed by atoms with Gasteiger partial charge in [-0.2, -0.15) is 0 Å². The zero-order valence-corrected chi connectivity index (χ0v) is 23.2. The molecule has 0 aliphatic carbocycles. The molecule has 2 aliphatic rings. The van der Waals surface area contributed by atoms with Gasteiger partial charge >= 0.3 is 6.09 Å². The van der Waals surface area contributed by atoms with E-state index in [-0.39, 0.29) is 49.8 Å². The fraction of sp³-hybridized carbons (Fsp3) is 0.290. The number of carbonyl (C=O) groups is 4. The van der Waals surface area contributed by atoms with E-state index in [2.05, 4.69) is 10.6 Å². The highest BCUT2D eigenvalue weighted by molar-refractivity contribution is 6.06. The standard InChI is InChI=1S/C31H31N3O8/c1-31(2,39)18-41-27-20(9-8-19-16-34(29(37)26(19)27)24-14-15-25(35)33-28(24)36)17-40-30(38)32-21-10-12-23(13-11-21)42-22-6-4-3-5-7-22/h3-13,24,39H,14-18H2,1-2H3,(H,32,38)(H,33,35,36). The van der Waals surface area contributed by atoms with Gasteiger partial charge in [0.15, 0.2) is 0 Å². The van der Waals surface area contributed by atoms with Crippen LogP contribution in [-0.2, 0) is 27.5 Å². The van der Waals surface area contributed by atoms with Crippen molar-refractivity contribution in [3.63, 3.8) is 0 Å². The van der Waals surface area contributed by atoms with Crippen LogP contribution < -0.4 is 20.1 Å². The van der Waals surface area contributed by atoms with Crippen molar-refractivity contribution in [3.8, 4) is 17.2 Å². The summed E-state index contributed by atoms with van der Waals surface area (Å²) in [5, 5.41) is 15.2. The van der Waals surface area contributed by atoms with E-state index in [1.54, 1.807) is 50.2 Å². The monoisotopic (exact) mass is 573 g/mol. The summed E-state index contributed by atoms with van der Waals surface area (Å²) in [6, 6.07) is 18.7. The van der Waals surface area contributed by atoms with Gasteiger partial charge in [-0.1, -0.05) is 30.3 Å². The molecule has 0 bridgehead atoms. The van der Waals surface area contributed by atoms with Crippen LogP contribution in [0.25, 0.3) is 0 Å². The largest absolute Gasteiger partial charge is 0.489 e. The van der Waals surface area contributed by atoms with Gasteiger partial charge in [0.25, 0.3) is 5.91 Å². The maximum atomic E-state index is 13.5. The Kier molecular flexibility index (Phi) is 8.12. The SMILES string of the molecule is CC(C)(O)COc1c(COC(=O)Nc2ccc(Oc3ccccc3)cc2)ccc2c1C(=O)N(C1CCC(=O)NC1=O)C2. The van der Waals surface area contributed by atoms with Crippen LogP contribution in [-0.4, -0.2) is 52.1 Å². The number of carbonyl (C=O) groups excluding carboxylic acids is 4. The van der Waals surface area contributed by atoms with Crippen LogP contribution in [0.5, 0.6) is 17.2 Å². The molecule has 11 heteroatoms. The molecule has 3 aromatic rings. The average Bonchev–Trinajstić information content (AvgIpc) is 3.28. The molecule has 0 spiro atoms. The third-order valence-corrected chi connectivity index (χ3v) is 6.74. The zero-order chi connectivity index (χ0) is 29.9. The number of nitrogens with one attached hydrogen (secondary N) is 2. The number of aliphatic hydroxyl groups is 1. The van der Waals surface area contributed by atoms with Crippen LogP contribution in [0.2, 0.25) is 0 Å². The van der Waals surface area contributed by atoms with Gasteiger partial charge < -0.3 is 24.2 Å². The first kappa shape index (κ1) is 28.6. The molecule has 1 unspecified atom stereocenters. The molecule has 3 N–H and O–H groups in total. The molecule has 1 fully saturated rings. The third-order valence-electron chi connectivity index (χ3n) is 6.74. The van der Waals surface area contributed by atoms with Crippen molar-refractivity contribution >= 4 is 29.5 Å². The lowest BCUT2D eigenvalue weighted by Gasteiger charge is -2.29. The van der Waals surface area contributed by atoms with Crippen LogP contribution in [0.1, 0.15) is 48.2 Å². The fourth-order valence-electron chi connectivity index (χ4n) is 4.72. The van der Waals surface area contributed by atoms with Crippen LogP contribution >= 0.6 is 0 Å². The maximum absolute atomic E-state index is 13.5. The van der Waals surface area contributed by atoms with Crippen molar-refractivity contribution in [2.75, 3.05) is 11.9 Å².